The number of piperidine rings is 1. The van der Waals surface area contributed by atoms with Crippen molar-refractivity contribution in [1.82, 2.24) is 24.8 Å². The molecular weight excluding hydrogens is 475 g/mol. The minimum Gasteiger partial charge on any atom is -0.471 e. The van der Waals surface area contributed by atoms with Crippen LogP contribution in [0.25, 0.3) is 5.65 Å². The Morgan fingerprint density at radius 3 is 2.56 bits per heavy atom. The summed E-state index contributed by atoms with van der Waals surface area (Å²) >= 11 is 0. The Morgan fingerprint density at radius 1 is 1.03 bits per heavy atom. The lowest BCUT2D eigenvalue weighted by atomic mass is 9.96. The van der Waals surface area contributed by atoms with Gasteiger partial charge in [0, 0.05) is 25.2 Å². The molecule has 5 rings (SSSR count). The summed E-state index contributed by atoms with van der Waals surface area (Å²) in [5, 5.41) is 13.7. The van der Waals surface area contributed by atoms with Crippen molar-refractivity contribution in [3.8, 4) is 5.88 Å². The van der Waals surface area contributed by atoms with Crippen molar-refractivity contribution in [3.63, 3.8) is 0 Å². The SMILES string of the molecule is O=C(Nc1cccnc1OCc1ccccc1)C1CCN(c2ccc3nnc(C(F)(F)F)n3n2)CC1. The normalized spacial score (nSPS) is 14.7. The topological polar surface area (TPSA) is 97.5 Å². The zero-order chi connectivity index (χ0) is 25.1. The highest BCUT2D eigenvalue weighted by atomic mass is 19.4. The molecule has 0 aliphatic carbocycles. The van der Waals surface area contributed by atoms with Crippen molar-refractivity contribution in [2.24, 2.45) is 5.92 Å². The molecule has 186 valence electrons. The van der Waals surface area contributed by atoms with E-state index >= 15 is 0 Å². The average Bonchev–Trinajstić information content (AvgIpc) is 3.33. The van der Waals surface area contributed by atoms with Crippen LogP contribution in [0.4, 0.5) is 24.7 Å². The lowest BCUT2D eigenvalue weighted by Gasteiger charge is -2.32. The van der Waals surface area contributed by atoms with Crippen molar-refractivity contribution < 1.29 is 22.7 Å². The summed E-state index contributed by atoms with van der Waals surface area (Å²) in [6, 6.07) is 16.1. The average molecular weight is 497 g/mol. The van der Waals surface area contributed by atoms with E-state index in [1.807, 2.05) is 35.2 Å². The van der Waals surface area contributed by atoms with Crippen molar-refractivity contribution in [2.45, 2.75) is 25.6 Å². The van der Waals surface area contributed by atoms with Gasteiger partial charge in [0.2, 0.25) is 11.8 Å². The highest BCUT2D eigenvalue weighted by Gasteiger charge is 2.38. The van der Waals surface area contributed by atoms with Gasteiger partial charge in [0.15, 0.2) is 5.65 Å². The number of carbonyl (C=O) groups excluding carboxylic acids is 1. The van der Waals surface area contributed by atoms with Gasteiger partial charge in [-0.25, -0.2) is 4.98 Å². The number of ether oxygens (including phenoxy) is 1. The second kappa shape index (κ2) is 9.80. The Kier molecular flexibility index (Phi) is 6.40. The summed E-state index contributed by atoms with van der Waals surface area (Å²) in [4.78, 5) is 19.0. The molecule has 1 saturated heterocycles. The van der Waals surface area contributed by atoms with Crippen LogP contribution in [-0.2, 0) is 17.6 Å². The largest absolute Gasteiger partial charge is 0.471 e. The van der Waals surface area contributed by atoms with Crippen molar-refractivity contribution in [3.05, 3.63) is 72.2 Å². The zero-order valence-corrected chi connectivity index (χ0v) is 19.0. The summed E-state index contributed by atoms with van der Waals surface area (Å²) < 4.78 is 46.0. The third-order valence-electron chi connectivity index (χ3n) is 5.94. The number of aromatic nitrogens is 5. The van der Waals surface area contributed by atoms with Crippen LogP contribution >= 0.6 is 0 Å². The molecule has 9 nitrogen and oxygen atoms in total. The number of hydrogen-bond acceptors (Lipinski definition) is 7. The van der Waals surface area contributed by atoms with Crippen LogP contribution in [0.15, 0.2) is 60.8 Å². The highest BCUT2D eigenvalue weighted by Crippen LogP contribution is 2.29. The summed E-state index contributed by atoms with van der Waals surface area (Å²) in [7, 11) is 0. The van der Waals surface area contributed by atoms with Crippen molar-refractivity contribution in [1.29, 1.82) is 0 Å². The third-order valence-corrected chi connectivity index (χ3v) is 5.94. The van der Waals surface area contributed by atoms with E-state index in [1.165, 1.54) is 6.07 Å². The third kappa shape index (κ3) is 5.07. The zero-order valence-electron chi connectivity index (χ0n) is 19.0. The number of carbonyl (C=O) groups is 1. The molecule has 1 N–H and O–H groups in total. The van der Waals surface area contributed by atoms with Crippen LogP contribution in [0, 0.1) is 5.92 Å². The van der Waals surface area contributed by atoms with Gasteiger partial charge >= 0.3 is 6.18 Å². The molecule has 0 unspecified atom stereocenters. The first-order valence-electron chi connectivity index (χ1n) is 11.4. The van der Waals surface area contributed by atoms with Crippen molar-refractivity contribution >= 4 is 23.1 Å². The molecule has 0 radical (unpaired) electrons. The monoisotopic (exact) mass is 497 g/mol. The van der Waals surface area contributed by atoms with E-state index in [-0.39, 0.29) is 17.5 Å². The molecule has 4 aromatic rings. The van der Waals surface area contributed by atoms with Gasteiger partial charge in [0.25, 0.3) is 5.82 Å². The molecule has 3 aromatic heterocycles. The Labute approximate surface area is 203 Å². The Morgan fingerprint density at radius 2 is 1.81 bits per heavy atom. The Hall–Kier alpha value is -4.22. The minimum atomic E-state index is -4.66. The van der Waals surface area contributed by atoms with Crippen LogP contribution in [0.3, 0.4) is 0 Å². The molecule has 36 heavy (non-hydrogen) atoms. The van der Waals surface area contributed by atoms with E-state index in [0.717, 1.165) is 5.56 Å². The van der Waals surface area contributed by atoms with Gasteiger partial charge in [-0.3, -0.25) is 4.79 Å². The first kappa shape index (κ1) is 23.5. The van der Waals surface area contributed by atoms with Crippen LogP contribution in [0.2, 0.25) is 0 Å². The first-order valence-corrected chi connectivity index (χ1v) is 11.4. The summed E-state index contributed by atoms with van der Waals surface area (Å²) in [6.45, 7) is 1.24. The van der Waals surface area contributed by atoms with Crippen LogP contribution in [0.5, 0.6) is 5.88 Å². The predicted octanol–water partition coefficient (Wildman–Crippen LogP) is 3.97. The van der Waals surface area contributed by atoms with Gasteiger partial charge in [-0.15, -0.1) is 15.3 Å². The molecule has 1 aliphatic heterocycles. The van der Waals surface area contributed by atoms with Gasteiger partial charge in [-0.05, 0) is 42.7 Å². The van der Waals surface area contributed by atoms with Gasteiger partial charge < -0.3 is 15.0 Å². The molecule has 1 aromatic carbocycles. The van der Waals surface area contributed by atoms with E-state index in [2.05, 4.69) is 25.6 Å². The first-order chi connectivity index (χ1) is 17.4. The number of amides is 1. The number of nitrogens with one attached hydrogen (secondary N) is 1. The molecule has 0 saturated carbocycles. The van der Waals surface area contributed by atoms with E-state index in [0.29, 0.717) is 54.4 Å². The maximum atomic E-state index is 13.2. The number of halogens is 3. The number of nitrogens with zero attached hydrogens (tertiary/aromatic N) is 6. The number of alkyl halides is 3. The van der Waals surface area contributed by atoms with Crippen LogP contribution in [-0.4, -0.2) is 43.8 Å². The number of fused-ring (bicyclic) bond motifs is 1. The van der Waals surface area contributed by atoms with Crippen LogP contribution in [0.1, 0.15) is 24.2 Å². The molecule has 4 heterocycles. The van der Waals surface area contributed by atoms with E-state index in [9.17, 15) is 18.0 Å². The molecule has 1 aliphatic rings. The summed E-state index contributed by atoms with van der Waals surface area (Å²) in [5.41, 5.74) is 1.48. The molecule has 0 spiro atoms. The van der Waals surface area contributed by atoms with Crippen molar-refractivity contribution in [2.75, 3.05) is 23.3 Å². The summed E-state index contributed by atoms with van der Waals surface area (Å²) in [5.74, 6) is -0.897. The maximum absolute atomic E-state index is 13.2. The quantitative estimate of drug-likeness (QED) is 0.431. The fourth-order valence-electron chi connectivity index (χ4n) is 4.06. The fraction of sp³-hybridized carbons (Fsp3) is 0.292. The number of pyridine rings is 1. The summed E-state index contributed by atoms with van der Waals surface area (Å²) in [6.07, 6.45) is -2.04. The maximum Gasteiger partial charge on any atom is 0.453 e. The highest BCUT2D eigenvalue weighted by molar-refractivity contribution is 5.93. The van der Waals surface area contributed by atoms with E-state index < -0.39 is 12.0 Å². The number of hydrogen-bond donors (Lipinski definition) is 1. The molecule has 12 heteroatoms. The number of benzene rings is 1. The van der Waals surface area contributed by atoms with Gasteiger partial charge in [0.05, 0.1) is 0 Å². The predicted molar refractivity (Wildman–Crippen MR) is 124 cm³/mol. The van der Waals surface area contributed by atoms with Gasteiger partial charge in [-0.2, -0.15) is 17.7 Å². The molecule has 0 bridgehead atoms. The fourth-order valence-corrected chi connectivity index (χ4v) is 4.06. The smallest absolute Gasteiger partial charge is 0.453 e. The lowest BCUT2D eigenvalue weighted by molar-refractivity contribution is -0.146. The van der Waals surface area contributed by atoms with Gasteiger partial charge in [0.1, 0.15) is 18.1 Å². The van der Waals surface area contributed by atoms with Gasteiger partial charge in [-0.1, -0.05) is 30.3 Å². The van der Waals surface area contributed by atoms with Crippen LogP contribution < -0.4 is 15.0 Å². The van der Waals surface area contributed by atoms with E-state index in [1.54, 1.807) is 24.4 Å². The number of anilines is 2. The molecular formula is C24H22F3N7O2. The molecule has 1 fully saturated rings. The second-order valence-corrected chi connectivity index (χ2v) is 8.36. The lowest BCUT2D eigenvalue weighted by Crippen LogP contribution is -2.38. The Bertz CT molecular complexity index is 1350. The standard InChI is InChI=1S/C24H22F3N7O2/c25-24(26,27)23-31-30-19-8-9-20(32-34(19)23)33-13-10-17(11-14-33)21(35)29-18-7-4-12-28-22(18)36-15-16-5-2-1-3-6-16/h1-9,12,17H,10-11,13-15H2,(H,29,35). The molecule has 1 amide bonds. The van der Waals surface area contributed by atoms with E-state index in [4.69, 9.17) is 4.74 Å². The minimum absolute atomic E-state index is 0.0158. The Balaban J connectivity index is 1.21. The number of rotatable bonds is 6. The second-order valence-electron chi connectivity index (χ2n) is 8.36. The molecule has 0 atom stereocenters.